The Balaban J connectivity index is 1.13. The average Bonchev–Trinajstić information content (AvgIpc) is 3.33. The fraction of sp³-hybridized carbons (Fsp3) is 0.444. The van der Waals surface area contributed by atoms with Gasteiger partial charge >= 0.3 is 0 Å². The number of sulfonamides is 1. The summed E-state index contributed by atoms with van der Waals surface area (Å²) in [5.41, 5.74) is 5.21. The number of carbonyl (C=O) groups is 1. The number of ether oxygens (including phenoxy) is 1. The van der Waals surface area contributed by atoms with E-state index in [2.05, 4.69) is 20.2 Å². The number of anilines is 2. The zero-order chi connectivity index (χ0) is 29.0. The Morgan fingerprint density at radius 1 is 1.07 bits per heavy atom. The van der Waals surface area contributed by atoms with Crippen LogP contribution < -0.4 is 15.8 Å². The lowest BCUT2D eigenvalue weighted by Gasteiger charge is -2.31. The second-order valence-electron chi connectivity index (χ2n) is 10.1. The molecule has 1 aromatic carbocycles. The van der Waals surface area contributed by atoms with Gasteiger partial charge in [-0.3, -0.25) is 9.69 Å². The van der Waals surface area contributed by atoms with Gasteiger partial charge in [0, 0.05) is 31.7 Å². The van der Waals surface area contributed by atoms with Crippen LogP contribution in [0.2, 0.25) is 0 Å². The maximum absolute atomic E-state index is 14.1. The van der Waals surface area contributed by atoms with E-state index in [1.165, 1.54) is 41.9 Å². The van der Waals surface area contributed by atoms with Crippen molar-refractivity contribution in [1.82, 2.24) is 19.2 Å². The van der Waals surface area contributed by atoms with Gasteiger partial charge in [-0.25, -0.2) is 27.2 Å². The van der Waals surface area contributed by atoms with Gasteiger partial charge in [0.2, 0.25) is 21.7 Å². The van der Waals surface area contributed by atoms with Gasteiger partial charge in [0.1, 0.15) is 33.8 Å². The lowest BCUT2D eigenvalue weighted by molar-refractivity contribution is 0.103. The van der Waals surface area contributed by atoms with Crippen molar-refractivity contribution in [2.24, 2.45) is 0 Å². The molecule has 3 N–H and O–H groups in total. The number of rotatable bonds is 10. The van der Waals surface area contributed by atoms with Crippen molar-refractivity contribution in [3.05, 3.63) is 58.6 Å². The number of thiazole rings is 1. The Labute approximate surface area is 241 Å². The second-order valence-corrected chi connectivity index (χ2v) is 13.0. The van der Waals surface area contributed by atoms with Gasteiger partial charge in [0.25, 0.3) is 0 Å². The fourth-order valence-corrected chi connectivity index (χ4v) is 7.34. The lowest BCUT2D eigenvalue weighted by atomic mass is 10.1. The first kappa shape index (κ1) is 29.3. The SMILES string of the molecule is Nc1nc(NC2CCN(S(=O)(=O)c3ccc(OCCN4CCCCC4)nc3)CC2)sc1C(=O)c1c(F)cccc1F. The summed E-state index contributed by atoms with van der Waals surface area (Å²) >= 11 is 0.907. The molecule has 2 fully saturated rings. The minimum atomic E-state index is -3.73. The van der Waals surface area contributed by atoms with Crippen LogP contribution >= 0.6 is 11.3 Å². The summed E-state index contributed by atoms with van der Waals surface area (Å²) in [6, 6.07) is 6.14. The molecule has 10 nitrogen and oxygen atoms in total. The van der Waals surface area contributed by atoms with Crippen molar-refractivity contribution in [2.75, 3.05) is 50.4 Å². The van der Waals surface area contributed by atoms with E-state index in [4.69, 9.17) is 10.5 Å². The molecule has 0 unspecified atom stereocenters. The zero-order valence-corrected chi connectivity index (χ0v) is 24.0. The summed E-state index contributed by atoms with van der Waals surface area (Å²) in [6.07, 6.45) is 5.97. The number of ketones is 1. The van der Waals surface area contributed by atoms with Crippen molar-refractivity contribution < 1.29 is 26.7 Å². The third-order valence-electron chi connectivity index (χ3n) is 7.28. The standard InChI is InChI=1S/C27H32F2N6O4S2/c28-20-5-4-6-21(29)23(20)24(36)25-26(30)33-27(40-25)32-18-9-13-35(14-10-18)41(37,38)19-7-8-22(31-17-19)39-16-15-34-11-2-1-3-12-34/h4-8,17-18H,1-3,9-16,30H2,(H,32,33). The van der Waals surface area contributed by atoms with E-state index in [-0.39, 0.29) is 34.7 Å². The molecule has 3 aromatic rings. The molecule has 0 amide bonds. The van der Waals surface area contributed by atoms with Crippen molar-refractivity contribution in [1.29, 1.82) is 0 Å². The maximum atomic E-state index is 14.1. The molecule has 2 aliphatic rings. The van der Waals surface area contributed by atoms with E-state index in [1.54, 1.807) is 6.07 Å². The van der Waals surface area contributed by atoms with E-state index in [9.17, 15) is 22.0 Å². The molecule has 2 aliphatic heterocycles. The molecule has 0 aliphatic carbocycles. The van der Waals surface area contributed by atoms with Gasteiger partial charge in [0.15, 0.2) is 5.13 Å². The van der Waals surface area contributed by atoms with Crippen molar-refractivity contribution >= 4 is 38.1 Å². The fourth-order valence-electron chi connectivity index (χ4n) is 5.02. The lowest BCUT2D eigenvalue weighted by Crippen LogP contribution is -2.42. The number of likely N-dealkylation sites (tertiary alicyclic amines) is 1. The highest BCUT2D eigenvalue weighted by molar-refractivity contribution is 7.89. The van der Waals surface area contributed by atoms with E-state index < -0.39 is 33.0 Å². The van der Waals surface area contributed by atoms with Gasteiger partial charge in [-0.15, -0.1) is 0 Å². The molecule has 14 heteroatoms. The third kappa shape index (κ3) is 6.83. The molecule has 5 rings (SSSR count). The number of nitrogens with two attached hydrogens (primary N) is 1. The van der Waals surface area contributed by atoms with Crippen LogP contribution in [0, 0.1) is 11.6 Å². The third-order valence-corrected chi connectivity index (χ3v) is 10.2. The van der Waals surface area contributed by atoms with Gasteiger partial charge in [-0.05, 0) is 57.0 Å². The number of pyridine rings is 1. The van der Waals surface area contributed by atoms with Crippen molar-refractivity contribution in [3.8, 4) is 5.88 Å². The van der Waals surface area contributed by atoms with Crippen LogP contribution in [0.25, 0.3) is 0 Å². The summed E-state index contributed by atoms with van der Waals surface area (Å²) in [6.45, 7) is 4.01. The summed E-state index contributed by atoms with van der Waals surface area (Å²) in [4.78, 5) is 23.5. The Hall–Kier alpha value is -3.20. The first-order chi connectivity index (χ1) is 19.7. The van der Waals surface area contributed by atoms with Crippen LogP contribution in [0.1, 0.15) is 47.3 Å². The highest BCUT2D eigenvalue weighted by atomic mass is 32.2. The zero-order valence-electron chi connectivity index (χ0n) is 22.4. The molecular weight excluding hydrogens is 574 g/mol. The second kappa shape index (κ2) is 12.8. The number of benzene rings is 1. The quantitative estimate of drug-likeness (QED) is 0.331. The van der Waals surface area contributed by atoms with Crippen molar-refractivity contribution in [3.63, 3.8) is 0 Å². The molecule has 2 saturated heterocycles. The molecule has 0 bridgehead atoms. The van der Waals surface area contributed by atoms with Crippen LogP contribution in [0.5, 0.6) is 5.88 Å². The highest BCUT2D eigenvalue weighted by Crippen LogP contribution is 2.31. The van der Waals surface area contributed by atoms with Crippen LogP contribution in [0.4, 0.5) is 19.7 Å². The number of nitrogen functional groups attached to an aromatic ring is 1. The van der Waals surface area contributed by atoms with Gasteiger partial charge in [-0.2, -0.15) is 4.31 Å². The largest absolute Gasteiger partial charge is 0.476 e. The van der Waals surface area contributed by atoms with E-state index in [1.807, 2.05) is 0 Å². The molecule has 0 spiro atoms. The first-order valence-electron chi connectivity index (χ1n) is 13.6. The molecule has 220 valence electrons. The smallest absolute Gasteiger partial charge is 0.244 e. The molecular formula is C27H32F2N6O4S2. The summed E-state index contributed by atoms with van der Waals surface area (Å²) in [5, 5.41) is 3.50. The van der Waals surface area contributed by atoms with Crippen LogP contribution in [0.3, 0.4) is 0 Å². The van der Waals surface area contributed by atoms with Gasteiger partial charge < -0.3 is 15.8 Å². The highest BCUT2D eigenvalue weighted by Gasteiger charge is 2.31. The maximum Gasteiger partial charge on any atom is 0.244 e. The normalized spacial score (nSPS) is 17.4. The molecule has 0 saturated carbocycles. The number of aromatic nitrogens is 2. The number of nitrogens with zero attached hydrogens (tertiary/aromatic N) is 4. The van der Waals surface area contributed by atoms with Gasteiger partial charge in [0.05, 0.1) is 11.8 Å². The monoisotopic (exact) mass is 606 g/mol. The van der Waals surface area contributed by atoms with Gasteiger partial charge in [-0.1, -0.05) is 23.8 Å². The Morgan fingerprint density at radius 2 is 1.78 bits per heavy atom. The molecule has 41 heavy (non-hydrogen) atoms. The molecule has 2 aromatic heterocycles. The number of nitrogens with one attached hydrogen (secondary N) is 1. The van der Waals surface area contributed by atoms with E-state index in [0.29, 0.717) is 30.5 Å². The number of halogens is 2. The minimum Gasteiger partial charge on any atom is -0.476 e. The summed E-state index contributed by atoms with van der Waals surface area (Å²) in [7, 11) is -3.73. The average molecular weight is 607 g/mol. The number of hydrogen-bond acceptors (Lipinski definition) is 10. The molecule has 4 heterocycles. The topological polar surface area (TPSA) is 131 Å². The first-order valence-corrected chi connectivity index (χ1v) is 15.8. The summed E-state index contributed by atoms with van der Waals surface area (Å²) < 4.78 is 61.7. The minimum absolute atomic E-state index is 0.0667. The Morgan fingerprint density at radius 3 is 2.44 bits per heavy atom. The number of piperidine rings is 2. The van der Waals surface area contributed by atoms with Crippen LogP contribution in [0.15, 0.2) is 41.4 Å². The predicted octanol–water partition coefficient (Wildman–Crippen LogP) is 3.76. The Kier molecular flexibility index (Phi) is 9.12. The number of carbonyl (C=O) groups excluding carboxylic acids is 1. The molecule has 0 atom stereocenters. The predicted molar refractivity (Wildman–Crippen MR) is 152 cm³/mol. The number of hydrogen-bond donors (Lipinski definition) is 2. The van der Waals surface area contributed by atoms with E-state index >= 15 is 0 Å². The molecule has 0 radical (unpaired) electrons. The van der Waals surface area contributed by atoms with Crippen molar-refractivity contribution in [2.45, 2.75) is 43.0 Å². The Bertz CT molecular complexity index is 1450. The van der Waals surface area contributed by atoms with Crippen LogP contribution in [-0.4, -0.2) is 78.7 Å². The summed E-state index contributed by atoms with van der Waals surface area (Å²) in [5.74, 6) is -2.57. The van der Waals surface area contributed by atoms with Crippen LogP contribution in [-0.2, 0) is 10.0 Å². The van der Waals surface area contributed by atoms with E-state index in [0.717, 1.165) is 43.1 Å².